The highest BCUT2D eigenvalue weighted by Crippen LogP contribution is 2.32. The monoisotopic (exact) mass is 161 g/mol. The molecule has 1 aromatic rings. The van der Waals surface area contributed by atoms with Crippen LogP contribution in [0.4, 0.5) is 5.69 Å². The molecule has 1 atom stereocenters. The van der Waals surface area contributed by atoms with Crippen LogP contribution in [0, 0.1) is 6.92 Å². The van der Waals surface area contributed by atoms with Crippen LogP contribution in [-0.4, -0.2) is 5.91 Å². The summed E-state index contributed by atoms with van der Waals surface area (Å²) in [5.74, 6) is 0.121. The maximum atomic E-state index is 11.2. The van der Waals surface area contributed by atoms with Gasteiger partial charge in [0.25, 0.3) is 0 Å². The molecular weight excluding hydrogens is 150 g/mol. The lowest BCUT2D eigenvalue weighted by atomic mass is 10.0. The van der Waals surface area contributed by atoms with E-state index in [0.717, 1.165) is 11.3 Å². The summed E-state index contributed by atoms with van der Waals surface area (Å²) in [5.41, 5.74) is 3.30. The van der Waals surface area contributed by atoms with Gasteiger partial charge in [-0.3, -0.25) is 4.79 Å². The molecule has 0 spiro atoms. The molecule has 0 fully saturated rings. The van der Waals surface area contributed by atoms with Crippen LogP contribution in [0.2, 0.25) is 0 Å². The molecule has 0 radical (unpaired) electrons. The van der Waals surface area contributed by atoms with Gasteiger partial charge in [0.1, 0.15) is 0 Å². The predicted octanol–water partition coefficient (Wildman–Crippen LogP) is 2.05. The van der Waals surface area contributed by atoms with Gasteiger partial charge in [0.15, 0.2) is 0 Å². The average Bonchev–Trinajstić information content (AvgIpc) is 2.31. The molecule has 0 aromatic heterocycles. The van der Waals surface area contributed by atoms with Crippen molar-refractivity contribution in [1.82, 2.24) is 0 Å². The van der Waals surface area contributed by atoms with Crippen molar-refractivity contribution in [2.75, 3.05) is 5.32 Å². The molecule has 0 saturated heterocycles. The Morgan fingerprint density at radius 3 is 2.92 bits per heavy atom. The first-order valence-corrected chi connectivity index (χ1v) is 4.10. The molecule has 1 N–H and O–H groups in total. The number of rotatable bonds is 0. The molecule has 2 rings (SSSR count). The lowest BCUT2D eigenvalue weighted by molar-refractivity contribution is -0.116. The maximum absolute atomic E-state index is 11.2. The fourth-order valence-electron chi connectivity index (χ4n) is 1.54. The number of hydrogen-bond donors (Lipinski definition) is 1. The standard InChI is InChI=1S/C10H11NO/c1-6-3-4-9-8(5-6)7(2)10(12)11-9/h3-5,7H,1-2H3,(H,11,12)/t7-/m1/s1. The summed E-state index contributed by atoms with van der Waals surface area (Å²) in [4.78, 5) is 11.2. The maximum Gasteiger partial charge on any atom is 0.231 e. The van der Waals surface area contributed by atoms with Gasteiger partial charge in [-0.2, -0.15) is 0 Å². The van der Waals surface area contributed by atoms with Gasteiger partial charge in [0, 0.05) is 5.69 Å². The Morgan fingerprint density at radius 1 is 1.42 bits per heavy atom. The molecule has 0 aliphatic carbocycles. The Bertz CT molecular complexity index is 344. The Labute approximate surface area is 71.6 Å². The smallest absolute Gasteiger partial charge is 0.231 e. The summed E-state index contributed by atoms with van der Waals surface area (Å²) in [5, 5.41) is 2.84. The van der Waals surface area contributed by atoms with Crippen LogP contribution < -0.4 is 5.32 Å². The van der Waals surface area contributed by atoms with Crippen molar-refractivity contribution in [3.8, 4) is 0 Å². The number of fused-ring (bicyclic) bond motifs is 1. The van der Waals surface area contributed by atoms with Crippen molar-refractivity contribution in [2.24, 2.45) is 0 Å². The summed E-state index contributed by atoms with van der Waals surface area (Å²) in [6.07, 6.45) is 0. The van der Waals surface area contributed by atoms with Gasteiger partial charge in [-0.1, -0.05) is 17.7 Å². The zero-order valence-electron chi connectivity index (χ0n) is 7.22. The van der Waals surface area contributed by atoms with Crippen molar-refractivity contribution in [2.45, 2.75) is 19.8 Å². The number of carbonyl (C=O) groups is 1. The minimum Gasteiger partial charge on any atom is -0.325 e. The van der Waals surface area contributed by atoms with Gasteiger partial charge >= 0.3 is 0 Å². The predicted molar refractivity (Wildman–Crippen MR) is 48.2 cm³/mol. The van der Waals surface area contributed by atoms with E-state index in [9.17, 15) is 4.79 Å². The normalized spacial score (nSPS) is 20.5. The van der Waals surface area contributed by atoms with Crippen LogP contribution in [0.15, 0.2) is 18.2 Å². The Hall–Kier alpha value is -1.31. The van der Waals surface area contributed by atoms with Gasteiger partial charge in [-0.25, -0.2) is 0 Å². The second kappa shape index (κ2) is 2.34. The highest BCUT2D eigenvalue weighted by Gasteiger charge is 2.25. The zero-order valence-corrected chi connectivity index (χ0v) is 7.22. The molecule has 1 aliphatic rings. The molecule has 0 bridgehead atoms. The zero-order chi connectivity index (χ0) is 8.72. The van der Waals surface area contributed by atoms with Crippen molar-refractivity contribution >= 4 is 11.6 Å². The van der Waals surface area contributed by atoms with E-state index in [0.29, 0.717) is 0 Å². The Balaban J connectivity index is 2.55. The van der Waals surface area contributed by atoms with Gasteiger partial charge in [-0.05, 0) is 25.5 Å². The molecule has 2 heteroatoms. The first kappa shape index (κ1) is 7.35. The van der Waals surface area contributed by atoms with E-state index in [1.807, 2.05) is 26.0 Å². The van der Waals surface area contributed by atoms with E-state index in [4.69, 9.17) is 0 Å². The number of nitrogens with one attached hydrogen (secondary N) is 1. The summed E-state index contributed by atoms with van der Waals surface area (Å²) in [6, 6.07) is 6.04. The fourth-order valence-corrected chi connectivity index (χ4v) is 1.54. The number of hydrogen-bond acceptors (Lipinski definition) is 1. The van der Waals surface area contributed by atoms with Crippen molar-refractivity contribution < 1.29 is 4.79 Å². The largest absolute Gasteiger partial charge is 0.325 e. The van der Waals surface area contributed by atoms with E-state index >= 15 is 0 Å². The highest BCUT2D eigenvalue weighted by molar-refractivity contribution is 6.02. The third-order valence-electron chi connectivity index (χ3n) is 2.32. The SMILES string of the molecule is Cc1ccc2c(c1)[C@@H](C)C(=O)N2. The molecule has 1 heterocycles. The second-order valence-electron chi connectivity index (χ2n) is 3.30. The van der Waals surface area contributed by atoms with Crippen LogP contribution >= 0.6 is 0 Å². The average molecular weight is 161 g/mol. The molecule has 1 aliphatic heterocycles. The molecule has 0 saturated carbocycles. The van der Waals surface area contributed by atoms with Crippen molar-refractivity contribution in [3.05, 3.63) is 29.3 Å². The van der Waals surface area contributed by atoms with Crippen LogP contribution in [0.1, 0.15) is 24.0 Å². The van der Waals surface area contributed by atoms with E-state index in [1.54, 1.807) is 0 Å². The number of amides is 1. The highest BCUT2D eigenvalue weighted by atomic mass is 16.2. The molecule has 62 valence electrons. The van der Waals surface area contributed by atoms with Gasteiger partial charge in [0.05, 0.1) is 5.92 Å². The minimum absolute atomic E-state index is 0.0138. The second-order valence-corrected chi connectivity index (χ2v) is 3.30. The van der Waals surface area contributed by atoms with Gasteiger partial charge in [0.2, 0.25) is 5.91 Å². The lowest BCUT2D eigenvalue weighted by Crippen LogP contribution is -2.08. The van der Waals surface area contributed by atoms with Gasteiger partial charge in [-0.15, -0.1) is 0 Å². The van der Waals surface area contributed by atoms with Crippen molar-refractivity contribution in [1.29, 1.82) is 0 Å². The number of benzene rings is 1. The molecule has 2 nitrogen and oxygen atoms in total. The molecule has 12 heavy (non-hydrogen) atoms. The summed E-state index contributed by atoms with van der Waals surface area (Å²) in [7, 11) is 0. The van der Waals surface area contributed by atoms with E-state index in [2.05, 4.69) is 11.4 Å². The Kier molecular flexibility index (Phi) is 1.43. The van der Waals surface area contributed by atoms with Crippen LogP contribution in [0.5, 0.6) is 0 Å². The van der Waals surface area contributed by atoms with Gasteiger partial charge < -0.3 is 5.32 Å². The number of carbonyl (C=O) groups excluding carboxylic acids is 1. The van der Waals surface area contributed by atoms with Crippen LogP contribution in [0.25, 0.3) is 0 Å². The summed E-state index contributed by atoms with van der Waals surface area (Å²) in [6.45, 7) is 3.97. The first-order chi connectivity index (χ1) is 5.68. The number of anilines is 1. The fraction of sp³-hybridized carbons (Fsp3) is 0.300. The molecule has 0 unspecified atom stereocenters. The number of aryl methyl sites for hydroxylation is 1. The third kappa shape index (κ3) is 0.916. The van der Waals surface area contributed by atoms with Crippen LogP contribution in [-0.2, 0) is 4.79 Å². The van der Waals surface area contributed by atoms with Crippen molar-refractivity contribution in [3.63, 3.8) is 0 Å². The quantitative estimate of drug-likeness (QED) is 0.620. The van der Waals surface area contributed by atoms with E-state index in [-0.39, 0.29) is 11.8 Å². The third-order valence-corrected chi connectivity index (χ3v) is 2.32. The topological polar surface area (TPSA) is 29.1 Å². The summed E-state index contributed by atoms with van der Waals surface area (Å²) >= 11 is 0. The molecule has 1 amide bonds. The lowest BCUT2D eigenvalue weighted by Gasteiger charge is -2.00. The Morgan fingerprint density at radius 2 is 2.17 bits per heavy atom. The van der Waals surface area contributed by atoms with E-state index in [1.165, 1.54) is 5.56 Å². The minimum atomic E-state index is 0.0138. The van der Waals surface area contributed by atoms with E-state index < -0.39 is 0 Å². The molecular formula is C10H11NO. The van der Waals surface area contributed by atoms with Crippen LogP contribution in [0.3, 0.4) is 0 Å². The summed E-state index contributed by atoms with van der Waals surface area (Å²) < 4.78 is 0. The molecule has 1 aromatic carbocycles. The first-order valence-electron chi connectivity index (χ1n) is 4.10.